The zero-order chi connectivity index (χ0) is 20.5. The van der Waals surface area contributed by atoms with E-state index in [4.69, 9.17) is 11.6 Å². The first-order chi connectivity index (χ1) is 13.2. The van der Waals surface area contributed by atoms with Crippen molar-refractivity contribution in [1.29, 1.82) is 0 Å². The number of carbonyl (C=O) groups is 1. The van der Waals surface area contributed by atoms with Gasteiger partial charge < -0.3 is 5.32 Å². The summed E-state index contributed by atoms with van der Waals surface area (Å²) < 4.78 is 14.5. The average molecular weight is 404 g/mol. The smallest absolute Gasteiger partial charge is 0.295 e. The first-order valence-corrected chi connectivity index (χ1v) is 8.48. The minimum atomic E-state index is -0.943. The maximum Gasteiger partial charge on any atom is 0.295 e. The predicted octanol–water partition coefficient (Wildman–Crippen LogP) is 3.63. The van der Waals surface area contributed by atoms with Gasteiger partial charge in [0.25, 0.3) is 11.6 Å². The second-order valence-corrected chi connectivity index (χ2v) is 6.91. The van der Waals surface area contributed by atoms with Crippen molar-refractivity contribution in [2.45, 2.75) is 19.4 Å². The first kappa shape index (κ1) is 19.4. The van der Waals surface area contributed by atoms with Crippen LogP contribution in [0.4, 0.5) is 10.1 Å². The van der Waals surface area contributed by atoms with Crippen LogP contribution in [0.3, 0.4) is 0 Å². The molecule has 144 valence electrons. The fraction of sp³-hybridized carbons (Fsp3) is 0.167. The van der Waals surface area contributed by atoms with Crippen LogP contribution in [0.5, 0.6) is 0 Å². The van der Waals surface area contributed by atoms with Gasteiger partial charge in [0.05, 0.1) is 10.5 Å². The highest BCUT2D eigenvalue weighted by Gasteiger charge is 2.27. The molecule has 0 atom stereocenters. The number of hydrogen-bond donors (Lipinski definition) is 1. The zero-order valence-corrected chi connectivity index (χ0v) is 15.6. The molecule has 1 amide bonds. The molecule has 0 unspecified atom stereocenters. The largest absolute Gasteiger partial charge is 0.343 e. The van der Waals surface area contributed by atoms with Crippen LogP contribution in [0.1, 0.15) is 29.8 Å². The van der Waals surface area contributed by atoms with Crippen molar-refractivity contribution >= 4 is 23.2 Å². The molecule has 2 aromatic carbocycles. The van der Waals surface area contributed by atoms with Crippen LogP contribution in [0.25, 0.3) is 5.69 Å². The molecule has 0 aliphatic carbocycles. The standard InChI is InChI=1S/C18H15ClFN5O3/c1-18(2,13-5-4-12(20)8-14(13)19)23-17(26)11-3-6-15(16(7-11)25(27)28)24-10-21-9-22-24/h3-10H,1-2H3,(H,23,26). The lowest BCUT2D eigenvalue weighted by Crippen LogP contribution is -2.41. The fourth-order valence-electron chi connectivity index (χ4n) is 2.76. The number of aromatic nitrogens is 3. The van der Waals surface area contributed by atoms with Gasteiger partial charge in [0.15, 0.2) is 0 Å². The Balaban J connectivity index is 1.92. The molecule has 3 rings (SSSR count). The van der Waals surface area contributed by atoms with E-state index in [-0.39, 0.29) is 22.0 Å². The Hall–Kier alpha value is -3.33. The molecule has 0 aliphatic heterocycles. The molecule has 8 nitrogen and oxygen atoms in total. The summed E-state index contributed by atoms with van der Waals surface area (Å²) in [6, 6.07) is 7.90. The van der Waals surface area contributed by atoms with Gasteiger partial charge in [0.1, 0.15) is 24.2 Å². The van der Waals surface area contributed by atoms with Crippen molar-refractivity contribution in [2.75, 3.05) is 0 Å². The maximum absolute atomic E-state index is 13.3. The number of nitrogens with zero attached hydrogens (tertiary/aromatic N) is 4. The molecule has 10 heteroatoms. The number of amides is 1. The number of nitro groups is 1. The van der Waals surface area contributed by atoms with Gasteiger partial charge in [-0.2, -0.15) is 5.10 Å². The monoisotopic (exact) mass is 403 g/mol. The number of nitrogens with one attached hydrogen (secondary N) is 1. The highest BCUT2D eigenvalue weighted by atomic mass is 35.5. The molecule has 0 fully saturated rings. The van der Waals surface area contributed by atoms with E-state index in [1.165, 1.54) is 41.6 Å². The third-order valence-electron chi connectivity index (χ3n) is 4.13. The molecule has 1 heterocycles. The van der Waals surface area contributed by atoms with Crippen molar-refractivity contribution in [2.24, 2.45) is 0 Å². The number of nitro benzene ring substituents is 1. The van der Waals surface area contributed by atoms with E-state index in [1.807, 2.05) is 0 Å². The lowest BCUT2D eigenvalue weighted by molar-refractivity contribution is -0.384. The van der Waals surface area contributed by atoms with Gasteiger partial charge in [0, 0.05) is 16.7 Å². The number of rotatable bonds is 5. The summed E-state index contributed by atoms with van der Waals surface area (Å²) in [4.78, 5) is 27.3. The van der Waals surface area contributed by atoms with Crippen molar-refractivity contribution < 1.29 is 14.1 Å². The van der Waals surface area contributed by atoms with Gasteiger partial charge in [-0.05, 0) is 43.7 Å². The second kappa shape index (κ2) is 7.35. The Morgan fingerprint density at radius 3 is 2.64 bits per heavy atom. The van der Waals surface area contributed by atoms with E-state index < -0.39 is 22.2 Å². The normalized spacial score (nSPS) is 11.3. The lowest BCUT2D eigenvalue weighted by atomic mass is 9.93. The molecule has 1 aromatic heterocycles. The van der Waals surface area contributed by atoms with E-state index in [0.717, 1.165) is 12.1 Å². The Morgan fingerprint density at radius 1 is 1.29 bits per heavy atom. The SMILES string of the molecule is CC(C)(NC(=O)c1ccc(-n2cncn2)c([N+](=O)[O-])c1)c1ccc(F)cc1Cl. The number of benzene rings is 2. The van der Waals surface area contributed by atoms with E-state index in [1.54, 1.807) is 13.8 Å². The van der Waals surface area contributed by atoms with Gasteiger partial charge in [-0.1, -0.05) is 17.7 Å². The van der Waals surface area contributed by atoms with Crippen LogP contribution >= 0.6 is 11.6 Å². The van der Waals surface area contributed by atoms with Crippen LogP contribution in [-0.4, -0.2) is 25.6 Å². The van der Waals surface area contributed by atoms with Crippen molar-refractivity contribution in [3.63, 3.8) is 0 Å². The quantitative estimate of drug-likeness (QED) is 0.517. The van der Waals surface area contributed by atoms with Crippen LogP contribution in [0.2, 0.25) is 5.02 Å². The second-order valence-electron chi connectivity index (χ2n) is 6.50. The highest BCUT2D eigenvalue weighted by molar-refractivity contribution is 6.31. The molecule has 1 N–H and O–H groups in total. The van der Waals surface area contributed by atoms with E-state index in [0.29, 0.717) is 5.56 Å². The summed E-state index contributed by atoms with van der Waals surface area (Å²) in [5, 5.41) is 18.2. The molecule has 0 saturated carbocycles. The zero-order valence-electron chi connectivity index (χ0n) is 14.9. The van der Waals surface area contributed by atoms with Crippen LogP contribution in [-0.2, 0) is 5.54 Å². The van der Waals surface area contributed by atoms with Crippen molar-refractivity contribution in [3.8, 4) is 5.69 Å². The lowest BCUT2D eigenvalue weighted by Gasteiger charge is -2.28. The van der Waals surface area contributed by atoms with Gasteiger partial charge in [0.2, 0.25) is 0 Å². The van der Waals surface area contributed by atoms with Gasteiger partial charge >= 0.3 is 0 Å². The molecular formula is C18H15ClFN5O3. The van der Waals surface area contributed by atoms with Crippen LogP contribution in [0, 0.1) is 15.9 Å². The van der Waals surface area contributed by atoms with E-state index in [9.17, 15) is 19.3 Å². The van der Waals surface area contributed by atoms with E-state index >= 15 is 0 Å². The maximum atomic E-state index is 13.3. The molecular weight excluding hydrogens is 389 g/mol. The van der Waals surface area contributed by atoms with Gasteiger partial charge in [-0.15, -0.1) is 0 Å². The summed E-state index contributed by atoms with van der Waals surface area (Å²) in [7, 11) is 0. The Kier molecular flexibility index (Phi) is 5.10. The summed E-state index contributed by atoms with van der Waals surface area (Å²) >= 11 is 6.09. The number of hydrogen-bond acceptors (Lipinski definition) is 5. The molecule has 0 radical (unpaired) electrons. The van der Waals surface area contributed by atoms with Gasteiger partial charge in [-0.3, -0.25) is 14.9 Å². The molecule has 0 spiro atoms. The van der Waals surface area contributed by atoms with E-state index in [2.05, 4.69) is 15.4 Å². The minimum absolute atomic E-state index is 0.0851. The third kappa shape index (κ3) is 3.84. The predicted molar refractivity (Wildman–Crippen MR) is 99.9 cm³/mol. The number of halogens is 2. The Bertz CT molecular complexity index is 1050. The highest BCUT2D eigenvalue weighted by Crippen LogP contribution is 2.29. The Labute approximate surface area is 164 Å². The Morgan fingerprint density at radius 2 is 2.04 bits per heavy atom. The average Bonchev–Trinajstić information content (AvgIpc) is 3.14. The van der Waals surface area contributed by atoms with Crippen LogP contribution < -0.4 is 5.32 Å². The third-order valence-corrected chi connectivity index (χ3v) is 4.44. The first-order valence-electron chi connectivity index (χ1n) is 8.10. The van der Waals surface area contributed by atoms with Crippen molar-refractivity contribution in [3.05, 3.63) is 81.1 Å². The summed E-state index contributed by atoms with van der Waals surface area (Å²) in [5.74, 6) is -1.03. The summed E-state index contributed by atoms with van der Waals surface area (Å²) in [6.45, 7) is 3.39. The topological polar surface area (TPSA) is 103 Å². The molecule has 28 heavy (non-hydrogen) atoms. The van der Waals surface area contributed by atoms with Crippen molar-refractivity contribution in [1.82, 2.24) is 20.1 Å². The molecule has 3 aromatic rings. The fourth-order valence-corrected chi connectivity index (χ4v) is 3.16. The summed E-state index contributed by atoms with van der Waals surface area (Å²) in [6.07, 6.45) is 2.57. The molecule has 0 saturated heterocycles. The van der Waals surface area contributed by atoms with Gasteiger partial charge in [-0.25, -0.2) is 14.1 Å². The minimum Gasteiger partial charge on any atom is -0.343 e. The molecule has 0 aliphatic rings. The molecule has 0 bridgehead atoms. The van der Waals surface area contributed by atoms with Crippen LogP contribution in [0.15, 0.2) is 49.1 Å². The number of carbonyl (C=O) groups excluding carboxylic acids is 1. The summed E-state index contributed by atoms with van der Waals surface area (Å²) in [5.41, 5.74) is -0.462.